The molecule has 6 nitrogen and oxygen atoms in total. The summed E-state index contributed by atoms with van der Waals surface area (Å²) in [5.41, 5.74) is 2.07. The summed E-state index contributed by atoms with van der Waals surface area (Å²) in [5.74, 6) is 1.47. The first-order valence-electron chi connectivity index (χ1n) is 9.56. The lowest BCUT2D eigenvalue weighted by atomic mass is 9.95. The fourth-order valence-electron chi connectivity index (χ4n) is 4.19. The maximum Gasteiger partial charge on any atom is 0.227 e. The van der Waals surface area contributed by atoms with E-state index < -0.39 is 0 Å². The highest BCUT2D eigenvalue weighted by atomic mass is 16.2. The van der Waals surface area contributed by atoms with E-state index in [0.29, 0.717) is 18.9 Å². The minimum atomic E-state index is -0.173. The molecular formula is C20H26N4O2. The largest absolute Gasteiger partial charge is 0.342 e. The van der Waals surface area contributed by atoms with Gasteiger partial charge in [-0.25, -0.2) is 4.98 Å². The second-order valence-electron chi connectivity index (χ2n) is 7.78. The van der Waals surface area contributed by atoms with Crippen molar-refractivity contribution in [3.05, 3.63) is 30.1 Å². The molecule has 3 heterocycles. The van der Waals surface area contributed by atoms with Crippen molar-refractivity contribution in [2.75, 3.05) is 19.6 Å². The highest BCUT2D eigenvalue weighted by Crippen LogP contribution is 2.30. The van der Waals surface area contributed by atoms with Crippen molar-refractivity contribution in [1.29, 1.82) is 0 Å². The third-order valence-electron chi connectivity index (χ3n) is 5.73. The average Bonchev–Trinajstić information content (AvgIpc) is 3.25. The van der Waals surface area contributed by atoms with Crippen molar-refractivity contribution in [1.82, 2.24) is 19.8 Å². The van der Waals surface area contributed by atoms with Gasteiger partial charge in [0.2, 0.25) is 11.8 Å². The summed E-state index contributed by atoms with van der Waals surface area (Å²) in [4.78, 5) is 36.8. The first-order chi connectivity index (χ1) is 12.5. The molecule has 2 aliphatic rings. The number of carbonyl (C=O) groups is 2. The van der Waals surface area contributed by atoms with Crippen LogP contribution >= 0.6 is 0 Å². The molecule has 6 heteroatoms. The number of nitrogens with one attached hydrogen (secondary N) is 1. The predicted octanol–water partition coefficient (Wildman–Crippen LogP) is 2.53. The summed E-state index contributed by atoms with van der Waals surface area (Å²) in [6.45, 7) is 6.06. The molecule has 0 bridgehead atoms. The summed E-state index contributed by atoms with van der Waals surface area (Å²) in [6, 6.07) is 8.24. The molecule has 2 aromatic rings. The van der Waals surface area contributed by atoms with E-state index in [4.69, 9.17) is 4.98 Å². The van der Waals surface area contributed by atoms with Gasteiger partial charge in [-0.2, -0.15) is 0 Å². The zero-order chi connectivity index (χ0) is 18.3. The molecule has 0 aliphatic carbocycles. The standard InChI is InChI=1S/C20H26N4O2/c1-13(2)24-12-15(11-18(24)25)20(26)23-9-7-14(8-10-23)19-21-16-5-3-4-6-17(16)22-19/h3-6,13-15H,7-12H2,1-2H3,(H,21,22). The van der Waals surface area contributed by atoms with Crippen LogP contribution in [0.5, 0.6) is 0 Å². The van der Waals surface area contributed by atoms with Gasteiger partial charge >= 0.3 is 0 Å². The van der Waals surface area contributed by atoms with Gasteiger partial charge in [0.05, 0.1) is 17.0 Å². The van der Waals surface area contributed by atoms with Crippen molar-refractivity contribution < 1.29 is 9.59 Å². The quantitative estimate of drug-likeness (QED) is 0.921. The number of rotatable bonds is 3. The lowest BCUT2D eigenvalue weighted by Crippen LogP contribution is -2.42. The topological polar surface area (TPSA) is 69.3 Å². The van der Waals surface area contributed by atoms with Gasteiger partial charge in [-0.15, -0.1) is 0 Å². The van der Waals surface area contributed by atoms with Gasteiger partial charge < -0.3 is 14.8 Å². The number of aromatic amines is 1. The van der Waals surface area contributed by atoms with E-state index in [1.165, 1.54) is 0 Å². The van der Waals surface area contributed by atoms with Gasteiger partial charge in [0.25, 0.3) is 0 Å². The number of carbonyl (C=O) groups excluding carboxylic acids is 2. The van der Waals surface area contributed by atoms with Crippen molar-refractivity contribution >= 4 is 22.8 Å². The van der Waals surface area contributed by atoms with Crippen LogP contribution in [0.25, 0.3) is 11.0 Å². The molecule has 2 saturated heterocycles. The Kier molecular flexibility index (Phi) is 4.42. The Labute approximate surface area is 153 Å². The van der Waals surface area contributed by atoms with E-state index in [2.05, 4.69) is 4.98 Å². The van der Waals surface area contributed by atoms with Crippen LogP contribution in [-0.2, 0) is 9.59 Å². The monoisotopic (exact) mass is 354 g/mol. The van der Waals surface area contributed by atoms with E-state index in [1.54, 1.807) is 0 Å². The molecule has 1 aromatic heterocycles. The first kappa shape index (κ1) is 17.1. The summed E-state index contributed by atoms with van der Waals surface area (Å²) in [7, 11) is 0. The Morgan fingerprint density at radius 3 is 2.62 bits per heavy atom. The van der Waals surface area contributed by atoms with Crippen LogP contribution in [0, 0.1) is 5.92 Å². The van der Waals surface area contributed by atoms with E-state index in [1.807, 2.05) is 47.9 Å². The van der Waals surface area contributed by atoms with Gasteiger partial charge in [0.15, 0.2) is 0 Å². The molecule has 26 heavy (non-hydrogen) atoms. The van der Waals surface area contributed by atoms with Crippen LogP contribution in [0.4, 0.5) is 0 Å². The van der Waals surface area contributed by atoms with Crippen molar-refractivity contribution in [3.8, 4) is 0 Å². The zero-order valence-electron chi connectivity index (χ0n) is 15.4. The molecule has 0 spiro atoms. The number of piperidine rings is 1. The summed E-state index contributed by atoms with van der Waals surface area (Å²) >= 11 is 0. The third-order valence-corrected chi connectivity index (χ3v) is 5.73. The minimum Gasteiger partial charge on any atom is -0.342 e. The fourth-order valence-corrected chi connectivity index (χ4v) is 4.19. The predicted molar refractivity (Wildman–Crippen MR) is 99.6 cm³/mol. The highest BCUT2D eigenvalue weighted by Gasteiger charge is 2.38. The number of para-hydroxylation sites is 2. The number of likely N-dealkylation sites (tertiary alicyclic amines) is 2. The third kappa shape index (κ3) is 3.08. The Balaban J connectivity index is 1.37. The molecule has 2 amide bonds. The van der Waals surface area contributed by atoms with Crippen LogP contribution < -0.4 is 0 Å². The highest BCUT2D eigenvalue weighted by molar-refractivity contribution is 5.89. The lowest BCUT2D eigenvalue weighted by molar-refractivity contribution is -0.136. The number of benzene rings is 1. The molecule has 2 fully saturated rings. The molecule has 1 N–H and O–H groups in total. The smallest absolute Gasteiger partial charge is 0.227 e. The zero-order valence-corrected chi connectivity index (χ0v) is 15.4. The Bertz CT molecular complexity index is 787. The average molecular weight is 354 g/mol. The van der Waals surface area contributed by atoms with Crippen molar-refractivity contribution in [2.24, 2.45) is 5.92 Å². The van der Waals surface area contributed by atoms with Gasteiger partial charge in [-0.3, -0.25) is 9.59 Å². The number of nitrogens with zero attached hydrogens (tertiary/aromatic N) is 3. The number of amides is 2. The summed E-state index contributed by atoms with van der Waals surface area (Å²) in [5, 5.41) is 0. The number of H-pyrrole nitrogens is 1. The van der Waals surface area contributed by atoms with E-state index in [9.17, 15) is 9.59 Å². The SMILES string of the molecule is CC(C)N1CC(C(=O)N2CCC(c3nc4ccccc4[nH]3)CC2)CC1=O. The molecule has 0 saturated carbocycles. The van der Waals surface area contributed by atoms with Crippen LogP contribution in [0.3, 0.4) is 0 Å². The maximum atomic E-state index is 12.8. The van der Waals surface area contributed by atoms with E-state index >= 15 is 0 Å². The van der Waals surface area contributed by atoms with Gasteiger partial charge in [0, 0.05) is 38.0 Å². The van der Waals surface area contributed by atoms with Gasteiger partial charge in [0.1, 0.15) is 5.82 Å². The number of hydrogen-bond donors (Lipinski definition) is 1. The Morgan fingerprint density at radius 2 is 1.96 bits per heavy atom. The van der Waals surface area contributed by atoms with Crippen LogP contribution in [0.15, 0.2) is 24.3 Å². The molecule has 1 aromatic carbocycles. The van der Waals surface area contributed by atoms with Crippen molar-refractivity contribution in [2.45, 2.75) is 45.1 Å². The number of hydrogen-bond acceptors (Lipinski definition) is 3. The number of aromatic nitrogens is 2. The molecule has 1 atom stereocenters. The Hall–Kier alpha value is -2.37. The Morgan fingerprint density at radius 1 is 1.23 bits per heavy atom. The van der Waals surface area contributed by atoms with Gasteiger partial charge in [-0.05, 0) is 38.8 Å². The minimum absolute atomic E-state index is 0.107. The summed E-state index contributed by atoms with van der Waals surface area (Å²) < 4.78 is 0. The normalized spacial score (nSPS) is 22.0. The number of fused-ring (bicyclic) bond motifs is 1. The van der Waals surface area contributed by atoms with Crippen molar-refractivity contribution in [3.63, 3.8) is 0 Å². The summed E-state index contributed by atoms with van der Waals surface area (Å²) in [6.07, 6.45) is 2.20. The van der Waals surface area contributed by atoms with Gasteiger partial charge in [-0.1, -0.05) is 12.1 Å². The molecule has 1 unspecified atom stereocenters. The molecule has 138 valence electrons. The van der Waals surface area contributed by atoms with Crippen LogP contribution in [0.2, 0.25) is 0 Å². The number of imidazole rings is 1. The molecule has 0 radical (unpaired) electrons. The van der Waals surface area contributed by atoms with E-state index in [0.717, 1.165) is 42.8 Å². The molecule has 4 rings (SSSR count). The molecule has 2 aliphatic heterocycles. The van der Waals surface area contributed by atoms with E-state index in [-0.39, 0.29) is 23.8 Å². The second-order valence-corrected chi connectivity index (χ2v) is 7.78. The van der Waals surface area contributed by atoms with Crippen LogP contribution in [-0.4, -0.2) is 57.3 Å². The van der Waals surface area contributed by atoms with Crippen LogP contribution in [0.1, 0.15) is 44.9 Å². The second kappa shape index (κ2) is 6.74. The fraction of sp³-hybridized carbons (Fsp3) is 0.550. The lowest BCUT2D eigenvalue weighted by Gasteiger charge is -2.33. The maximum absolute atomic E-state index is 12.8. The molecular weight excluding hydrogens is 328 g/mol. The first-order valence-corrected chi connectivity index (χ1v) is 9.56.